The molecule has 0 aromatic carbocycles. The van der Waals surface area contributed by atoms with Crippen LogP contribution in [0.2, 0.25) is 0 Å². The molecule has 1 aliphatic rings. The van der Waals surface area contributed by atoms with E-state index in [0.717, 1.165) is 0 Å². The Balaban J connectivity index is 3.20. The number of carbonyl (C=O) groups excluding carboxylic acids is 6. The van der Waals surface area contributed by atoms with E-state index in [-0.39, 0.29) is 38.3 Å². The van der Waals surface area contributed by atoms with Crippen LogP contribution in [-0.2, 0) is 33.6 Å². The number of nitrogens with two attached hydrogens (primary N) is 2. The number of aliphatic imine (C=N–C) groups is 1. The summed E-state index contributed by atoms with van der Waals surface area (Å²) in [5.41, 5.74) is 10.6. The van der Waals surface area contributed by atoms with Gasteiger partial charge in [-0.1, -0.05) is 0 Å². The highest BCUT2D eigenvalue weighted by atomic mass is 16.4. The van der Waals surface area contributed by atoms with Gasteiger partial charge in [0.25, 0.3) is 0 Å². The standard InChI is InChI=1S/C24H41N9O8/c1-12-19(36)32-16(8-6-10-28-24(25)26)22(39)30-13(2)20(37)33-17(23(40)41)11-18(35)27-9-5-4-7-15(21(38)29-12)31-14(3)34/h12-13,15-17H,4-11H2,1-3H3,(H,27,35)(H,29,38)(H,30,39)(H,31,34)(H,32,36)(H,33,37)(H,40,41)(H4,25,26,28)/t12-,13-,15-,16-,17-/m0/s1. The van der Waals surface area contributed by atoms with Gasteiger partial charge in [0, 0.05) is 20.0 Å². The van der Waals surface area contributed by atoms with Crippen molar-refractivity contribution in [3.8, 4) is 0 Å². The maximum Gasteiger partial charge on any atom is 0.326 e. The zero-order valence-electron chi connectivity index (χ0n) is 23.5. The molecule has 17 heteroatoms. The fourth-order valence-electron chi connectivity index (χ4n) is 3.80. The molecule has 1 rings (SSSR count). The minimum Gasteiger partial charge on any atom is -0.480 e. The van der Waals surface area contributed by atoms with Crippen molar-refractivity contribution in [3.63, 3.8) is 0 Å². The average Bonchev–Trinajstić information content (AvgIpc) is 2.87. The summed E-state index contributed by atoms with van der Waals surface area (Å²) in [6.45, 7) is 4.25. The van der Waals surface area contributed by atoms with Gasteiger partial charge in [-0.15, -0.1) is 0 Å². The number of rotatable bonds is 6. The van der Waals surface area contributed by atoms with Gasteiger partial charge in [0.2, 0.25) is 35.4 Å². The van der Waals surface area contributed by atoms with Gasteiger partial charge in [-0.2, -0.15) is 0 Å². The van der Waals surface area contributed by atoms with Crippen LogP contribution in [0.3, 0.4) is 0 Å². The lowest BCUT2D eigenvalue weighted by Crippen LogP contribution is -2.58. The molecule has 6 amide bonds. The zero-order chi connectivity index (χ0) is 31.1. The fraction of sp³-hybridized carbons (Fsp3) is 0.667. The van der Waals surface area contributed by atoms with E-state index in [1.165, 1.54) is 20.8 Å². The molecule has 1 heterocycles. The Hall–Kier alpha value is -4.44. The maximum atomic E-state index is 13.0. The molecule has 0 aromatic heterocycles. The summed E-state index contributed by atoms with van der Waals surface area (Å²) >= 11 is 0. The summed E-state index contributed by atoms with van der Waals surface area (Å²) in [5.74, 6) is -5.64. The first kappa shape index (κ1) is 34.6. The molecule has 1 fully saturated rings. The monoisotopic (exact) mass is 583 g/mol. The Labute approximate surface area is 237 Å². The number of carbonyl (C=O) groups is 7. The van der Waals surface area contributed by atoms with E-state index in [2.05, 4.69) is 36.9 Å². The Morgan fingerprint density at radius 1 is 0.927 bits per heavy atom. The molecule has 17 nitrogen and oxygen atoms in total. The van der Waals surface area contributed by atoms with Gasteiger partial charge < -0.3 is 48.5 Å². The van der Waals surface area contributed by atoms with Gasteiger partial charge in [0.1, 0.15) is 30.2 Å². The third-order valence-corrected chi connectivity index (χ3v) is 6.02. The number of guanidine groups is 1. The SMILES string of the molecule is CC(=O)N[C@H]1CCCCNC(=O)C[C@@H](C(=O)O)NC(=O)[C@H](C)NC(=O)[C@H](CCCN=C(N)N)NC(=O)[C@H](C)NC1=O. The van der Waals surface area contributed by atoms with Crippen molar-refractivity contribution in [2.24, 2.45) is 16.5 Å². The number of carboxylic acids is 1. The molecule has 0 spiro atoms. The highest BCUT2D eigenvalue weighted by Gasteiger charge is 2.30. The topological polar surface area (TPSA) is 276 Å². The average molecular weight is 584 g/mol. The van der Waals surface area contributed by atoms with Crippen LogP contribution in [0, 0.1) is 0 Å². The minimum absolute atomic E-state index is 0.0514. The number of aliphatic carboxylic acids is 1. The van der Waals surface area contributed by atoms with Crippen LogP contribution in [0.1, 0.15) is 59.3 Å². The van der Waals surface area contributed by atoms with Crippen LogP contribution in [0.15, 0.2) is 4.99 Å². The molecule has 0 unspecified atom stereocenters. The van der Waals surface area contributed by atoms with E-state index in [4.69, 9.17) is 11.5 Å². The first-order chi connectivity index (χ1) is 19.2. The van der Waals surface area contributed by atoms with Gasteiger partial charge in [0.05, 0.1) is 6.42 Å². The van der Waals surface area contributed by atoms with Crippen LogP contribution < -0.4 is 43.4 Å². The number of hydrogen-bond acceptors (Lipinski definition) is 8. The summed E-state index contributed by atoms with van der Waals surface area (Å²) in [4.78, 5) is 90.8. The van der Waals surface area contributed by atoms with Crippen molar-refractivity contribution in [1.82, 2.24) is 31.9 Å². The highest BCUT2D eigenvalue weighted by Crippen LogP contribution is 2.05. The molecule has 0 aliphatic carbocycles. The lowest BCUT2D eigenvalue weighted by atomic mass is 10.1. The number of nitrogens with one attached hydrogen (secondary N) is 6. The smallest absolute Gasteiger partial charge is 0.326 e. The fourth-order valence-corrected chi connectivity index (χ4v) is 3.80. The Morgan fingerprint density at radius 2 is 1.54 bits per heavy atom. The van der Waals surface area contributed by atoms with E-state index in [9.17, 15) is 38.7 Å². The molecular formula is C24H41N9O8. The number of carboxylic acid groups (broad SMARTS) is 1. The number of hydrogen-bond donors (Lipinski definition) is 9. The van der Waals surface area contributed by atoms with Gasteiger partial charge in [0.15, 0.2) is 5.96 Å². The summed E-state index contributed by atoms with van der Waals surface area (Å²) < 4.78 is 0. The molecule has 11 N–H and O–H groups in total. The van der Waals surface area contributed by atoms with Crippen molar-refractivity contribution < 1.29 is 38.7 Å². The van der Waals surface area contributed by atoms with Gasteiger partial charge >= 0.3 is 5.97 Å². The second-order valence-corrected chi connectivity index (χ2v) is 9.67. The summed E-state index contributed by atoms with van der Waals surface area (Å²) in [5, 5.41) is 24.2. The summed E-state index contributed by atoms with van der Waals surface area (Å²) in [7, 11) is 0. The first-order valence-electron chi connectivity index (χ1n) is 13.2. The lowest BCUT2D eigenvalue weighted by Gasteiger charge is -2.25. The largest absolute Gasteiger partial charge is 0.480 e. The Morgan fingerprint density at radius 3 is 2.12 bits per heavy atom. The zero-order valence-corrected chi connectivity index (χ0v) is 23.5. The van der Waals surface area contributed by atoms with E-state index in [1.807, 2.05) is 0 Å². The van der Waals surface area contributed by atoms with Crippen LogP contribution in [0.5, 0.6) is 0 Å². The van der Waals surface area contributed by atoms with E-state index < -0.39 is 78.0 Å². The number of amides is 6. The van der Waals surface area contributed by atoms with Crippen LogP contribution in [0.25, 0.3) is 0 Å². The molecular weight excluding hydrogens is 542 g/mol. The molecule has 0 saturated carbocycles. The number of nitrogens with zero attached hydrogens (tertiary/aromatic N) is 1. The second kappa shape index (κ2) is 17.3. The van der Waals surface area contributed by atoms with Crippen LogP contribution in [0.4, 0.5) is 0 Å². The Kier molecular flexibility index (Phi) is 14.6. The molecule has 0 bridgehead atoms. The van der Waals surface area contributed by atoms with Gasteiger partial charge in [-0.05, 0) is 46.0 Å². The molecule has 0 aromatic rings. The highest BCUT2D eigenvalue weighted by molar-refractivity contribution is 5.96. The van der Waals surface area contributed by atoms with E-state index >= 15 is 0 Å². The maximum absolute atomic E-state index is 13.0. The summed E-state index contributed by atoms with van der Waals surface area (Å²) in [6.07, 6.45) is 0.749. The van der Waals surface area contributed by atoms with E-state index in [0.29, 0.717) is 12.8 Å². The second-order valence-electron chi connectivity index (χ2n) is 9.67. The third-order valence-electron chi connectivity index (χ3n) is 6.02. The molecule has 230 valence electrons. The molecule has 5 atom stereocenters. The first-order valence-corrected chi connectivity index (χ1v) is 13.2. The van der Waals surface area contributed by atoms with Crippen LogP contribution >= 0.6 is 0 Å². The summed E-state index contributed by atoms with van der Waals surface area (Å²) in [6, 6.07) is -6.03. The van der Waals surface area contributed by atoms with Crippen molar-refractivity contribution in [3.05, 3.63) is 0 Å². The van der Waals surface area contributed by atoms with Gasteiger partial charge in [-0.3, -0.25) is 33.8 Å². The molecule has 0 radical (unpaired) electrons. The van der Waals surface area contributed by atoms with Crippen molar-refractivity contribution in [2.75, 3.05) is 13.1 Å². The van der Waals surface area contributed by atoms with Crippen LogP contribution in [-0.4, -0.2) is 95.8 Å². The molecule has 1 saturated heterocycles. The van der Waals surface area contributed by atoms with Gasteiger partial charge in [-0.25, -0.2) is 4.79 Å². The Bertz CT molecular complexity index is 1020. The predicted molar refractivity (Wildman–Crippen MR) is 146 cm³/mol. The third kappa shape index (κ3) is 13.5. The molecule has 1 aliphatic heterocycles. The minimum atomic E-state index is -1.56. The van der Waals surface area contributed by atoms with Crippen molar-refractivity contribution in [2.45, 2.75) is 89.5 Å². The van der Waals surface area contributed by atoms with E-state index in [1.54, 1.807) is 0 Å². The van der Waals surface area contributed by atoms with Crippen molar-refractivity contribution in [1.29, 1.82) is 0 Å². The van der Waals surface area contributed by atoms with Crippen molar-refractivity contribution >= 4 is 47.4 Å². The molecule has 41 heavy (non-hydrogen) atoms. The normalized spacial score (nSPS) is 25.7. The quantitative estimate of drug-likeness (QED) is 0.0838. The lowest BCUT2D eigenvalue weighted by molar-refractivity contribution is -0.144. The predicted octanol–water partition coefficient (Wildman–Crippen LogP) is -3.70.